The van der Waals surface area contributed by atoms with Gasteiger partial charge in [-0.1, -0.05) is 30.3 Å². The number of hydrogen-bond donors (Lipinski definition) is 0. The number of hydrogen-bond acceptors (Lipinski definition) is 4. The lowest BCUT2D eigenvalue weighted by Crippen LogP contribution is -2.33. The molecule has 7 nitrogen and oxygen atoms in total. The Balaban J connectivity index is 1.36. The van der Waals surface area contributed by atoms with Crippen molar-refractivity contribution in [2.24, 2.45) is 0 Å². The first-order chi connectivity index (χ1) is 16.0. The summed E-state index contributed by atoms with van der Waals surface area (Å²) in [5, 5.41) is 4.77. The van der Waals surface area contributed by atoms with Gasteiger partial charge in [-0.05, 0) is 44.2 Å². The van der Waals surface area contributed by atoms with Crippen LogP contribution in [0.3, 0.4) is 0 Å². The van der Waals surface area contributed by atoms with Gasteiger partial charge in [-0.25, -0.2) is 0 Å². The van der Waals surface area contributed by atoms with Gasteiger partial charge < -0.3 is 14.2 Å². The molecule has 0 bridgehead atoms. The minimum Gasteiger partial charge on any atom is -0.455 e. The van der Waals surface area contributed by atoms with E-state index in [-0.39, 0.29) is 18.4 Å². The van der Waals surface area contributed by atoms with E-state index in [4.69, 9.17) is 9.52 Å². The molecule has 2 aliphatic rings. The summed E-state index contributed by atoms with van der Waals surface area (Å²) < 4.78 is 7.80. The zero-order valence-corrected chi connectivity index (χ0v) is 19.3. The van der Waals surface area contributed by atoms with Crippen molar-refractivity contribution < 1.29 is 14.0 Å². The van der Waals surface area contributed by atoms with E-state index >= 15 is 0 Å². The number of benzene rings is 1. The average molecular weight is 447 g/mol. The smallest absolute Gasteiger partial charge is 0.289 e. The SMILES string of the molecule is CCN(Cc1ccccc1)C(=O)Cn1cc2c(n1)-c1c(oc(C(=O)N3CCCC3)c1C)CC2. The summed E-state index contributed by atoms with van der Waals surface area (Å²) in [4.78, 5) is 29.7. The molecule has 1 saturated heterocycles. The van der Waals surface area contributed by atoms with Gasteiger partial charge in [0.1, 0.15) is 12.3 Å². The molecule has 2 aromatic heterocycles. The maximum absolute atomic E-state index is 13.0. The summed E-state index contributed by atoms with van der Waals surface area (Å²) in [7, 11) is 0. The Bertz CT molecular complexity index is 1170. The lowest BCUT2D eigenvalue weighted by Gasteiger charge is -2.21. The molecule has 0 N–H and O–H groups in total. The Morgan fingerprint density at radius 3 is 2.61 bits per heavy atom. The fraction of sp³-hybridized carbons (Fsp3) is 0.423. The minimum absolute atomic E-state index is 0.0185. The van der Waals surface area contributed by atoms with Gasteiger partial charge in [-0.2, -0.15) is 5.10 Å². The molecule has 5 rings (SSSR count). The molecule has 172 valence electrons. The summed E-state index contributed by atoms with van der Waals surface area (Å²) in [6.45, 7) is 6.95. The Labute approximate surface area is 194 Å². The maximum atomic E-state index is 13.0. The predicted molar refractivity (Wildman–Crippen MR) is 125 cm³/mol. The van der Waals surface area contributed by atoms with Crippen LogP contribution in [0.4, 0.5) is 0 Å². The van der Waals surface area contributed by atoms with E-state index in [1.165, 1.54) is 0 Å². The van der Waals surface area contributed by atoms with Crippen molar-refractivity contribution in [3.05, 3.63) is 64.7 Å². The largest absolute Gasteiger partial charge is 0.455 e. The number of aromatic nitrogens is 2. The number of carbonyl (C=O) groups is 2. The Morgan fingerprint density at radius 1 is 1.12 bits per heavy atom. The van der Waals surface area contributed by atoms with Crippen LogP contribution in [0.1, 0.15) is 52.8 Å². The highest BCUT2D eigenvalue weighted by atomic mass is 16.4. The second-order valence-corrected chi connectivity index (χ2v) is 8.95. The van der Waals surface area contributed by atoms with Crippen molar-refractivity contribution in [3.63, 3.8) is 0 Å². The number of amides is 2. The number of likely N-dealkylation sites (N-methyl/N-ethyl adjacent to an activating group) is 1. The molecule has 0 unspecified atom stereocenters. The molecule has 1 aliphatic heterocycles. The summed E-state index contributed by atoms with van der Waals surface area (Å²) in [5.74, 6) is 1.30. The van der Waals surface area contributed by atoms with Crippen molar-refractivity contribution >= 4 is 11.8 Å². The van der Waals surface area contributed by atoms with Crippen LogP contribution in [0.5, 0.6) is 0 Å². The molecular formula is C26H30N4O3. The molecule has 2 amide bonds. The lowest BCUT2D eigenvalue weighted by molar-refractivity contribution is -0.132. The number of aryl methyl sites for hydroxylation is 2. The van der Waals surface area contributed by atoms with Crippen molar-refractivity contribution in [1.29, 1.82) is 0 Å². The zero-order chi connectivity index (χ0) is 22.9. The van der Waals surface area contributed by atoms with Gasteiger partial charge >= 0.3 is 0 Å². The maximum Gasteiger partial charge on any atom is 0.289 e. The van der Waals surface area contributed by atoms with E-state index in [0.717, 1.165) is 72.5 Å². The molecule has 0 radical (unpaired) electrons. The standard InChI is InChI=1S/C26H30N4O3/c1-3-28(15-19-9-5-4-6-10-19)22(31)17-30-16-20-11-12-21-23(24(20)27-30)18(2)25(33-21)26(32)29-13-7-8-14-29/h4-6,9-10,16H,3,7-8,11-15,17H2,1-2H3. The quantitative estimate of drug-likeness (QED) is 0.577. The number of likely N-dealkylation sites (tertiary alicyclic amines) is 1. The molecule has 33 heavy (non-hydrogen) atoms. The van der Waals surface area contributed by atoms with E-state index < -0.39 is 0 Å². The summed E-state index contributed by atoms with van der Waals surface area (Å²) >= 11 is 0. The second-order valence-electron chi connectivity index (χ2n) is 8.95. The van der Waals surface area contributed by atoms with Gasteiger partial charge in [-0.3, -0.25) is 14.3 Å². The van der Waals surface area contributed by atoms with Crippen LogP contribution in [-0.4, -0.2) is 51.0 Å². The number of fused-ring (bicyclic) bond motifs is 3. The van der Waals surface area contributed by atoms with E-state index in [9.17, 15) is 9.59 Å². The molecule has 3 heterocycles. The van der Waals surface area contributed by atoms with Crippen LogP contribution >= 0.6 is 0 Å². The first kappa shape index (κ1) is 21.5. The van der Waals surface area contributed by atoms with Gasteiger partial charge in [0.2, 0.25) is 5.91 Å². The molecular weight excluding hydrogens is 416 g/mol. The summed E-state index contributed by atoms with van der Waals surface area (Å²) in [6.07, 6.45) is 5.61. The van der Waals surface area contributed by atoms with Crippen molar-refractivity contribution in [2.75, 3.05) is 19.6 Å². The van der Waals surface area contributed by atoms with Crippen molar-refractivity contribution in [1.82, 2.24) is 19.6 Å². The fourth-order valence-corrected chi connectivity index (χ4v) is 4.93. The topological polar surface area (TPSA) is 71.6 Å². The molecule has 1 fully saturated rings. The average Bonchev–Trinajstić information content (AvgIpc) is 3.56. The van der Waals surface area contributed by atoms with Crippen molar-refractivity contribution in [3.8, 4) is 11.3 Å². The third kappa shape index (κ3) is 4.08. The lowest BCUT2D eigenvalue weighted by atomic mass is 9.93. The van der Waals surface area contributed by atoms with Crippen LogP contribution in [-0.2, 0) is 30.7 Å². The Morgan fingerprint density at radius 2 is 1.88 bits per heavy atom. The van der Waals surface area contributed by atoms with E-state index in [0.29, 0.717) is 18.8 Å². The molecule has 1 aliphatic carbocycles. The zero-order valence-electron chi connectivity index (χ0n) is 19.3. The highest BCUT2D eigenvalue weighted by molar-refractivity contribution is 5.95. The minimum atomic E-state index is -0.0185. The first-order valence-corrected chi connectivity index (χ1v) is 11.8. The number of carbonyl (C=O) groups excluding carboxylic acids is 2. The fourth-order valence-electron chi connectivity index (χ4n) is 4.93. The Kier molecular flexibility index (Phi) is 5.79. The van der Waals surface area contributed by atoms with Crippen LogP contribution in [0.15, 0.2) is 40.9 Å². The van der Waals surface area contributed by atoms with Crippen LogP contribution in [0.25, 0.3) is 11.3 Å². The van der Waals surface area contributed by atoms with E-state index in [1.807, 2.05) is 60.2 Å². The normalized spacial score (nSPS) is 14.8. The van der Waals surface area contributed by atoms with Crippen LogP contribution in [0.2, 0.25) is 0 Å². The molecule has 0 saturated carbocycles. The number of nitrogens with zero attached hydrogens (tertiary/aromatic N) is 4. The van der Waals surface area contributed by atoms with Crippen molar-refractivity contribution in [2.45, 2.75) is 52.6 Å². The van der Waals surface area contributed by atoms with E-state index in [2.05, 4.69) is 0 Å². The van der Waals surface area contributed by atoms with Gasteiger partial charge in [0, 0.05) is 49.9 Å². The summed E-state index contributed by atoms with van der Waals surface area (Å²) in [6, 6.07) is 10.0. The van der Waals surface area contributed by atoms with Gasteiger partial charge in [0.15, 0.2) is 5.76 Å². The first-order valence-electron chi connectivity index (χ1n) is 11.8. The second kappa shape index (κ2) is 8.89. The van der Waals surface area contributed by atoms with Crippen LogP contribution < -0.4 is 0 Å². The monoisotopic (exact) mass is 446 g/mol. The summed E-state index contributed by atoms with van der Waals surface area (Å²) in [5.41, 5.74) is 4.85. The molecule has 7 heteroatoms. The third-order valence-corrected chi connectivity index (χ3v) is 6.75. The van der Waals surface area contributed by atoms with Gasteiger partial charge in [0.05, 0.1) is 5.69 Å². The Hall–Kier alpha value is -3.35. The third-order valence-electron chi connectivity index (χ3n) is 6.75. The van der Waals surface area contributed by atoms with E-state index in [1.54, 1.807) is 4.68 Å². The number of rotatable bonds is 6. The van der Waals surface area contributed by atoms with Gasteiger partial charge in [0.25, 0.3) is 5.91 Å². The molecule has 3 aromatic rings. The van der Waals surface area contributed by atoms with Gasteiger partial charge in [-0.15, -0.1) is 0 Å². The molecule has 0 spiro atoms. The predicted octanol–water partition coefficient (Wildman–Crippen LogP) is 3.83. The number of furan rings is 1. The highest BCUT2D eigenvalue weighted by Crippen LogP contribution is 2.38. The van der Waals surface area contributed by atoms with Crippen LogP contribution in [0, 0.1) is 6.92 Å². The molecule has 0 atom stereocenters. The highest BCUT2D eigenvalue weighted by Gasteiger charge is 2.32. The molecule has 1 aromatic carbocycles.